The van der Waals surface area contributed by atoms with E-state index in [9.17, 15) is 9.18 Å². The third-order valence-electron chi connectivity index (χ3n) is 1.80. The molecule has 0 fully saturated rings. The summed E-state index contributed by atoms with van der Waals surface area (Å²) in [6, 6.07) is 1.06. The van der Waals surface area contributed by atoms with E-state index in [0.29, 0.717) is 15.4 Å². The summed E-state index contributed by atoms with van der Waals surface area (Å²) in [6.07, 6.45) is 0. The predicted molar refractivity (Wildman–Crippen MR) is 63.1 cm³/mol. The van der Waals surface area contributed by atoms with Crippen LogP contribution in [0.5, 0.6) is 0 Å². The van der Waals surface area contributed by atoms with Gasteiger partial charge in [-0.15, -0.1) is 0 Å². The minimum atomic E-state index is -0.659. The Hall–Kier alpha value is -0.130. The maximum Gasteiger partial charge on any atom is 0.338 e. The largest absolute Gasteiger partial charge is 0.465 e. The molecule has 15 heavy (non-hydrogen) atoms. The first-order valence-corrected chi connectivity index (χ1v) is 6.12. The van der Waals surface area contributed by atoms with Gasteiger partial charge in [0, 0.05) is 9.80 Å². The summed E-state index contributed by atoms with van der Waals surface area (Å²) in [7, 11) is 1.24. The molecule has 0 aromatic heterocycles. The molecule has 0 unspecified atom stereocenters. The summed E-state index contributed by atoms with van der Waals surface area (Å²) < 4.78 is 18.2. The molecule has 2 nitrogen and oxygen atoms in total. The van der Waals surface area contributed by atoms with E-state index in [1.54, 1.807) is 0 Å². The highest BCUT2D eigenvalue weighted by Crippen LogP contribution is 2.33. The van der Waals surface area contributed by atoms with Gasteiger partial charge in [0.2, 0.25) is 0 Å². The highest BCUT2D eigenvalue weighted by atomic mass is 79.9. The van der Waals surface area contributed by atoms with E-state index >= 15 is 0 Å². The van der Waals surface area contributed by atoms with Gasteiger partial charge in [-0.3, -0.25) is 0 Å². The molecule has 0 atom stereocenters. The number of hydrogen-bond donors (Lipinski definition) is 0. The standard InChI is InChI=1S/C9H6Br2ClFO2/c1-15-9(14)4-2-6(13)8(12)7(11)5(4)3-10/h2H,3H2,1H3. The molecule has 0 N–H and O–H groups in total. The Morgan fingerprint density at radius 1 is 1.67 bits per heavy atom. The maximum absolute atomic E-state index is 13.3. The first-order chi connectivity index (χ1) is 7.02. The van der Waals surface area contributed by atoms with Crippen molar-refractivity contribution in [3.8, 4) is 0 Å². The molecule has 0 saturated heterocycles. The van der Waals surface area contributed by atoms with Crippen LogP contribution in [0.1, 0.15) is 15.9 Å². The molecule has 0 radical (unpaired) electrons. The number of alkyl halides is 1. The van der Waals surface area contributed by atoms with Crippen LogP contribution in [0.15, 0.2) is 10.5 Å². The van der Waals surface area contributed by atoms with E-state index in [0.717, 1.165) is 6.07 Å². The van der Waals surface area contributed by atoms with Crippen molar-refractivity contribution >= 4 is 49.4 Å². The van der Waals surface area contributed by atoms with Crippen LogP contribution in [-0.4, -0.2) is 13.1 Å². The van der Waals surface area contributed by atoms with Crippen LogP contribution in [-0.2, 0) is 10.1 Å². The Labute approximate surface area is 108 Å². The molecule has 6 heteroatoms. The molecule has 0 aliphatic carbocycles. The Morgan fingerprint density at radius 2 is 2.27 bits per heavy atom. The fraction of sp³-hybridized carbons (Fsp3) is 0.222. The zero-order valence-corrected chi connectivity index (χ0v) is 11.5. The van der Waals surface area contributed by atoms with Gasteiger partial charge in [0.05, 0.1) is 17.7 Å². The summed E-state index contributed by atoms with van der Waals surface area (Å²) in [6.45, 7) is 0. The highest BCUT2D eigenvalue weighted by Gasteiger charge is 2.19. The minimum absolute atomic E-state index is 0.0443. The lowest BCUT2D eigenvalue weighted by Gasteiger charge is -2.09. The molecular weight excluding hydrogens is 354 g/mol. The van der Waals surface area contributed by atoms with E-state index in [2.05, 4.69) is 36.6 Å². The van der Waals surface area contributed by atoms with Crippen molar-refractivity contribution in [2.45, 2.75) is 5.33 Å². The van der Waals surface area contributed by atoms with Crippen LogP contribution >= 0.6 is 43.5 Å². The zero-order chi connectivity index (χ0) is 11.6. The SMILES string of the molecule is COC(=O)c1cc(F)c(Cl)c(Br)c1CBr. The zero-order valence-electron chi connectivity index (χ0n) is 7.61. The smallest absolute Gasteiger partial charge is 0.338 e. The lowest BCUT2D eigenvalue weighted by Crippen LogP contribution is -2.06. The maximum atomic E-state index is 13.3. The van der Waals surface area contributed by atoms with Crippen LogP contribution in [0.4, 0.5) is 4.39 Å². The van der Waals surface area contributed by atoms with E-state index in [1.807, 2.05) is 0 Å². The van der Waals surface area contributed by atoms with Gasteiger partial charge in [0.1, 0.15) is 5.82 Å². The van der Waals surface area contributed by atoms with Crippen LogP contribution in [0.3, 0.4) is 0 Å². The number of hydrogen-bond acceptors (Lipinski definition) is 2. The molecule has 0 spiro atoms. The van der Waals surface area contributed by atoms with E-state index in [4.69, 9.17) is 11.6 Å². The van der Waals surface area contributed by atoms with Crippen molar-refractivity contribution in [3.63, 3.8) is 0 Å². The van der Waals surface area contributed by atoms with Crippen molar-refractivity contribution in [1.29, 1.82) is 0 Å². The molecule has 1 rings (SSSR count). The van der Waals surface area contributed by atoms with E-state index < -0.39 is 11.8 Å². The monoisotopic (exact) mass is 358 g/mol. The van der Waals surface area contributed by atoms with Crippen molar-refractivity contribution in [1.82, 2.24) is 0 Å². The number of halogens is 4. The third kappa shape index (κ3) is 2.52. The van der Waals surface area contributed by atoms with Crippen LogP contribution in [0, 0.1) is 5.82 Å². The number of methoxy groups -OCH3 is 1. The van der Waals surface area contributed by atoms with Crippen molar-refractivity contribution in [2.24, 2.45) is 0 Å². The second kappa shape index (κ2) is 5.27. The molecule has 0 heterocycles. The molecule has 1 aromatic carbocycles. The van der Waals surface area contributed by atoms with E-state index in [-0.39, 0.29) is 10.6 Å². The van der Waals surface area contributed by atoms with Crippen molar-refractivity contribution in [2.75, 3.05) is 7.11 Å². The number of ether oxygens (including phenoxy) is 1. The molecule has 82 valence electrons. The van der Waals surface area contributed by atoms with Crippen LogP contribution < -0.4 is 0 Å². The fourth-order valence-electron chi connectivity index (χ4n) is 1.06. The second-order valence-electron chi connectivity index (χ2n) is 2.64. The molecule has 0 saturated carbocycles. The van der Waals surface area contributed by atoms with Gasteiger partial charge in [-0.2, -0.15) is 0 Å². The average Bonchev–Trinajstić information content (AvgIpc) is 2.24. The fourth-order valence-corrected chi connectivity index (χ4v) is 2.73. The summed E-state index contributed by atoms with van der Waals surface area (Å²) in [5, 5.41) is 0.329. The molecule has 1 aromatic rings. The Morgan fingerprint density at radius 3 is 2.73 bits per heavy atom. The first kappa shape index (κ1) is 12.9. The summed E-state index contributed by atoms with van der Waals surface area (Å²) >= 11 is 12.0. The Kier molecular flexibility index (Phi) is 4.55. The molecule has 0 amide bonds. The predicted octanol–water partition coefficient (Wildman–Crippen LogP) is 3.92. The number of esters is 1. The molecule has 0 aliphatic heterocycles. The Balaban J connectivity index is 3.45. The van der Waals surface area contributed by atoms with Gasteiger partial charge in [0.25, 0.3) is 0 Å². The van der Waals surface area contributed by atoms with Crippen LogP contribution in [0.25, 0.3) is 0 Å². The van der Waals surface area contributed by atoms with Gasteiger partial charge >= 0.3 is 5.97 Å². The molecule has 0 bridgehead atoms. The third-order valence-corrected chi connectivity index (χ3v) is 3.84. The minimum Gasteiger partial charge on any atom is -0.465 e. The van der Waals surface area contributed by atoms with Crippen molar-refractivity contribution < 1.29 is 13.9 Å². The average molecular weight is 360 g/mol. The van der Waals surface area contributed by atoms with Crippen molar-refractivity contribution in [3.05, 3.63) is 32.5 Å². The van der Waals surface area contributed by atoms with Crippen LogP contribution in [0.2, 0.25) is 5.02 Å². The van der Waals surface area contributed by atoms with Gasteiger partial charge in [0.15, 0.2) is 0 Å². The van der Waals surface area contributed by atoms with Gasteiger partial charge in [-0.1, -0.05) is 27.5 Å². The summed E-state index contributed by atoms with van der Waals surface area (Å²) in [4.78, 5) is 11.3. The van der Waals surface area contributed by atoms with Gasteiger partial charge in [-0.05, 0) is 27.6 Å². The lowest BCUT2D eigenvalue weighted by molar-refractivity contribution is 0.0599. The molecular formula is C9H6Br2ClFO2. The molecule has 0 aliphatic rings. The number of rotatable bonds is 2. The second-order valence-corrected chi connectivity index (χ2v) is 4.37. The normalized spacial score (nSPS) is 10.2. The highest BCUT2D eigenvalue weighted by molar-refractivity contribution is 9.10. The number of carbonyl (C=O) groups excluding carboxylic acids is 1. The number of carbonyl (C=O) groups is 1. The summed E-state index contributed by atoms with van der Waals surface area (Å²) in [5.41, 5.74) is 0.719. The summed E-state index contributed by atoms with van der Waals surface area (Å²) in [5.74, 6) is -1.26. The lowest BCUT2D eigenvalue weighted by atomic mass is 10.1. The Bertz CT molecular complexity index is 410. The van der Waals surface area contributed by atoms with Gasteiger partial charge < -0.3 is 4.74 Å². The quantitative estimate of drug-likeness (QED) is 0.454. The topological polar surface area (TPSA) is 26.3 Å². The number of benzene rings is 1. The van der Waals surface area contributed by atoms with E-state index in [1.165, 1.54) is 7.11 Å². The van der Waals surface area contributed by atoms with Gasteiger partial charge in [-0.25, -0.2) is 9.18 Å². The first-order valence-electron chi connectivity index (χ1n) is 3.83.